The summed E-state index contributed by atoms with van der Waals surface area (Å²) in [6.07, 6.45) is 2.96. The van der Waals surface area contributed by atoms with Crippen LogP contribution in [0.3, 0.4) is 0 Å². The quantitative estimate of drug-likeness (QED) is 0.631. The second-order valence-corrected chi connectivity index (χ2v) is 5.31. The maximum absolute atomic E-state index is 4.45. The van der Waals surface area contributed by atoms with Gasteiger partial charge in [0, 0.05) is 19.7 Å². The molecule has 0 radical (unpaired) electrons. The van der Waals surface area contributed by atoms with Gasteiger partial charge in [-0.15, -0.1) is 0 Å². The molecular formula is C15H20N4S. The highest BCUT2D eigenvalue weighted by atomic mass is 32.2. The van der Waals surface area contributed by atoms with E-state index in [4.69, 9.17) is 0 Å². The van der Waals surface area contributed by atoms with Crippen molar-refractivity contribution >= 4 is 23.4 Å². The minimum absolute atomic E-state index is 0.773. The lowest BCUT2D eigenvalue weighted by Crippen LogP contribution is -2.08. The molecule has 0 amide bonds. The van der Waals surface area contributed by atoms with E-state index in [0.717, 1.165) is 29.8 Å². The predicted octanol–water partition coefficient (Wildman–Crippen LogP) is 3.20. The van der Waals surface area contributed by atoms with E-state index in [9.17, 15) is 0 Å². The third-order valence-electron chi connectivity index (χ3n) is 2.95. The van der Waals surface area contributed by atoms with Crippen molar-refractivity contribution in [1.29, 1.82) is 0 Å². The molecule has 106 valence electrons. The summed E-state index contributed by atoms with van der Waals surface area (Å²) >= 11 is 1.54. The van der Waals surface area contributed by atoms with Gasteiger partial charge in [-0.05, 0) is 25.2 Å². The van der Waals surface area contributed by atoms with Gasteiger partial charge >= 0.3 is 0 Å². The van der Waals surface area contributed by atoms with Crippen LogP contribution in [0.4, 0.5) is 11.6 Å². The number of aryl methyl sites for hydroxylation is 1. The molecule has 0 unspecified atom stereocenters. The average Bonchev–Trinajstić information content (AvgIpc) is 2.47. The molecule has 5 heteroatoms. The van der Waals surface area contributed by atoms with Crippen LogP contribution in [-0.2, 0) is 6.42 Å². The maximum atomic E-state index is 4.45. The van der Waals surface area contributed by atoms with Gasteiger partial charge in [-0.1, -0.05) is 41.6 Å². The smallest absolute Gasteiger partial charge is 0.191 e. The van der Waals surface area contributed by atoms with Crippen molar-refractivity contribution in [3.8, 4) is 0 Å². The molecule has 4 nitrogen and oxygen atoms in total. The molecule has 2 N–H and O–H groups in total. The Kier molecular flexibility index (Phi) is 5.24. The van der Waals surface area contributed by atoms with Gasteiger partial charge in [0.05, 0.1) is 0 Å². The van der Waals surface area contributed by atoms with Gasteiger partial charge in [0.15, 0.2) is 5.16 Å². The van der Waals surface area contributed by atoms with E-state index in [1.165, 1.54) is 11.1 Å². The Bertz CT molecular complexity index is 549. The number of hydrogen-bond donors (Lipinski definition) is 2. The van der Waals surface area contributed by atoms with Crippen LogP contribution in [0.15, 0.2) is 35.5 Å². The zero-order chi connectivity index (χ0) is 14.4. The Morgan fingerprint density at radius 3 is 2.65 bits per heavy atom. The normalized spacial score (nSPS) is 10.3. The van der Waals surface area contributed by atoms with Gasteiger partial charge in [0.2, 0.25) is 0 Å². The molecule has 2 rings (SSSR count). The van der Waals surface area contributed by atoms with Crippen molar-refractivity contribution in [3.63, 3.8) is 0 Å². The largest absolute Gasteiger partial charge is 0.373 e. The van der Waals surface area contributed by atoms with Gasteiger partial charge in [0.1, 0.15) is 11.6 Å². The monoisotopic (exact) mass is 288 g/mol. The molecule has 0 aliphatic heterocycles. The van der Waals surface area contributed by atoms with E-state index in [1.807, 2.05) is 19.4 Å². The molecule has 1 heterocycles. The third kappa shape index (κ3) is 4.13. The van der Waals surface area contributed by atoms with Crippen molar-refractivity contribution in [2.75, 3.05) is 30.5 Å². The molecule has 1 aromatic heterocycles. The van der Waals surface area contributed by atoms with Gasteiger partial charge in [-0.25, -0.2) is 9.97 Å². The minimum Gasteiger partial charge on any atom is -0.373 e. The highest BCUT2D eigenvalue weighted by Gasteiger charge is 2.02. The SMILES string of the molecule is CNc1cc(NCCc2cccc(C)c2)nc(SC)n1. The molecule has 2 aromatic rings. The van der Waals surface area contributed by atoms with Crippen LogP contribution in [0, 0.1) is 6.92 Å². The van der Waals surface area contributed by atoms with Crippen molar-refractivity contribution in [3.05, 3.63) is 41.5 Å². The zero-order valence-corrected chi connectivity index (χ0v) is 12.9. The maximum Gasteiger partial charge on any atom is 0.191 e. The molecule has 20 heavy (non-hydrogen) atoms. The van der Waals surface area contributed by atoms with E-state index in [1.54, 1.807) is 11.8 Å². The van der Waals surface area contributed by atoms with E-state index in [-0.39, 0.29) is 0 Å². The van der Waals surface area contributed by atoms with E-state index >= 15 is 0 Å². The molecule has 0 aliphatic rings. The Morgan fingerprint density at radius 1 is 1.15 bits per heavy atom. The summed E-state index contributed by atoms with van der Waals surface area (Å²) in [6.45, 7) is 2.97. The van der Waals surface area contributed by atoms with Crippen molar-refractivity contribution < 1.29 is 0 Å². The van der Waals surface area contributed by atoms with E-state index < -0.39 is 0 Å². The van der Waals surface area contributed by atoms with Crippen LogP contribution in [-0.4, -0.2) is 29.8 Å². The molecule has 0 fully saturated rings. The van der Waals surface area contributed by atoms with Crippen molar-refractivity contribution in [2.24, 2.45) is 0 Å². The van der Waals surface area contributed by atoms with Gasteiger partial charge in [-0.3, -0.25) is 0 Å². The lowest BCUT2D eigenvalue weighted by molar-refractivity contribution is 0.942. The Morgan fingerprint density at radius 2 is 1.95 bits per heavy atom. The molecule has 0 aliphatic carbocycles. The first-order valence-corrected chi connectivity index (χ1v) is 7.84. The van der Waals surface area contributed by atoms with Crippen molar-refractivity contribution in [1.82, 2.24) is 9.97 Å². The van der Waals surface area contributed by atoms with Crippen LogP contribution in [0.2, 0.25) is 0 Å². The standard InChI is InChI=1S/C15H20N4S/c1-11-5-4-6-12(9-11)7-8-17-14-10-13(16-2)18-15(19-14)20-3/h4-6,9-10H,7-8H2,1-3H3,(H2,16,17,18,19). The summed E-state index contributed by atoms with van der Waals surface area (Å²) in [7, 11) is 1.86. The number of benzene rings is 1. The molecule has 0 spiro atoms. The number of thioether (sulfide) groups is 1. The van der Waals surface area contributed by atoms with Gasteiger partial charge in [0.25, 0.3) is 0 Å². The molecule has 1 aromatic carbocycles. The Hall–Kier alpha value is -1.75. The fourth-order valence-corrected chi connectivity index (χ4v) is 2.32. The summed E-state index contributed by atoms with van der Waals surface area (Å²) in [5, 5.41) is 7.18. The Labute approximate surface area is 124 Å². The molecule has 0 saturated heterocycles. The molecule has 0 atom stereocenters. The summed E-state index contributed by atoms with van der Waals surface area (Å²) in [5.41, 5.74) is 2.64. The number of rotatable bonds is 6. The second-order valence-electron chi connectivity index (χ2n) is 4.54. The third-order valence-corrected chi connectivity index (χ3v) is 3.49. The number of nitrogens with one attached hydrogen (secondary N) is 2. The summed E-state index contributed by atoms with van der Waals surface area (Å²) < 4.78 is 0. The molecular weight excluding hydrogens is 268 g/mol. The first-order valence-electron chi connectivity index (χ1n) is 6.61. The van der Waals surface area contributed by atoms with Crippen LogP contribution in [0.5, 0.6) is 0 Å². The second kappa shape index (κ2) is 7.14. The lowest BCUT2D eigenvalue weighted by Gasteiger charge is -2.09. The van der Waals surface area contributed by atoms with E-state index in [2.05, 4.69) is 51.8 Å². The number of aromatic nitrogens is 2. The molecule has 0 bridgehead atoms. The predicted molar refractivity (Wildman–Crippen MR) is 86.7 cm³/mol. The number of hydrogen-bond acceptors (Lipinski definition) is 5. The van der Waals surface area contributed by atoms with Crippen LogP contribution < -0.4 is 10.6 Å². The van der Waals surface area contributed by atoms with Gasteiger partial charge in [-0.2, -0.15) is 0 Å². The summed E-state index contributed by atoms with van der Waals surface area (Å²) in [4.78, 5) is 8.80. The first kappa shape index (κ1) is 14.7. The highest BCUT2D eigenvalue weighted by Crippen LogP contribution is 2.16. The minimum atomic E-state index is 0.773. The van der Waals surface area contributed by atoms with Gasteiger partial charge < -0.3 is 10.6 Å². The van der Waals surface area contributed by atoms with Crippen LogP contribution in [0.25, 0.3) is 0 Å². The fourth-order valence-electron chi connectivity index (χ4n) is 1.94. The average molecular weight is 288 g/mol. The fraction of sp³-hybridized carbons (Fsp3) is 0.333. The zero-order valence-electron chi connectivity index (χ0n) is 12.1. The first-order chi connectivity index (χ1) is 9.71. The Balaban J connectivity index is 1.96. The molecule has 0 saturated carbocycles. The lowest BCUT2D eigenvalue weighted by atomic mass is 10.1. The van der Waals surface area contributed by atoms with Crippen LogP contribution >= 0.6 is 11.8 Å². The number of nitrogens with zero attached hydrogens (tertiary/aromatic N) is 2. The summed E-state index contributed by atoms with van der Waals surface area (Å²) in [6, 6.07) is 10.5. The summed E-state index contributed by atoms with van der Waals surface area (Å²) in [5.74, 6) is 1.70. The topological polar surface area (TPSA) is 49.8 Å². The highest BCUT2D eigenvalue weighted by molar-refractivity contribution is 7.98. The van der Waals surface area contributed by atoms with Crippen LogP contribution in [0.1, 0.15) is 11.1 Å². The van der Waals surface area contributed by atoms with E-state index in [0.29, 0.717) is 0 Å². The number of anilines is 2. The van der Waals surface area contributed by atoms with Crippen molar-refractivity contribution in [2.45, 2.75) is 18.5 Å².